The number of aryl methyl sites for hydroxylation is 1. The number of aromatic nitrogens is 2. The minimum Gasteiger partial charge on any atom is -0.496 e. The van der Waals surface area contributed by atoms with E-state index in [0.29, 0.717) is 11.4 Å². The Morgan fingerprint density at radius 2 is 2.12 bits per heavy atom. The third kappa shape index (κ3) is 1.99. The Morgan fingerprint density at radius 1 is 1.41 bits per heavy atom. The lowest BCUT2D eigenvalue weighted by atomic mass is 10.1. The van der Waals surface area contributed by atoms with Gasteiger partial charge >= 0.3 is 5.97 Å². The first-order chi connectivity index (χ1) is 8.13. The van der Waals surface area contributed by atoms with Gasteiger partial charge in [-0.05, 0) is 18.2 Å². The molecule has 0 aliphatic carbocycles. The summed E-state index contributed by atoms with van der Waals surface area (Å²) in [5.41, 5.74) is 1.55. The lowest BCUT2D eigenvalue weighted by Gasteiger charge is -2.07. The minimum absolute atomic E-state index is 0.0217. The zero-order valence-corrected chi connectivity index (χ0v) is 9.54. The number of benzene rings is 1. The van der Waals surface area contributed by atoms with Crippen molar-refractivity contribution in [3.05, 3.63) is 36.0 Å². The highest BCUT2D eigenvalue weighted by Gasteiger charge is 2.14. The smallest absolute Gasteiger partial charge is 0.356 e. The van der Waals surface area contributed by atoms with Crippen molar-refractivity contribution in [3.63, 3.8) is 0 Å². The van der Waals surface area contributed by atoms with E-state index in [1.54, 1.807) is 14.2 Å². The summed E-state index contributed by atoms with van der Waals surface area (Å²) < 4.78 is 6.77. The highest BCUT2D eigenvalue weighted by molar-refractivity contribution is 5.87. The predicted molar refractivity (Wildman–Crippen MR) is 62.2 cm³/mol. The quantitative estimate of drug-likeness (QED) is 0.876. The van der Waals surface area contributed by atoms with Crippen LogP contribution in [-0.4, -0.2) is 28.0 Å². The number of ether oxygens (including phenoxy) is 1. The van der Waals surface area contributed by atoms with Crippen LogP contribution < -0.4 is 4.74 Å². The molecule has 5 nitrogen and oxygen atoms in total. The Labute approximate surface area is 98.3 Å². The Hall–Kier alpha value is -2.30. The molecule has 0 saturated heterocycles. The molecule has 0 bridgehead atoms. The average molecular weight is 232 g/mol. The Kier molecular flexibility index (Phi) is 2.82. The molecule has 2 aromatic rings. The summed E-state index contributed by atoms with van der Waals surface area (Å²) in [6, 6.07) is 8.94. The van der Waals surface area contributed by atoms with Crippen LogP contribution in [0, 0.1) is 0 Å². The van der Waals surface area contributed by atoms with E-state index in [1.165, 1.54) is 10.7 Å². The van der Waals surface area contributed by atoms with Crippen molar-refractivity contribution in [3.8, 4) is 17.0 Å². The second-order valence-corrected chi connectivity index (χ2v) is 3.54. The van der Waals surface area contributed by atoms with E-state index in [2.05, 4.69) is 5.10 Å². The number of rotatable bonds is 3. The van der Waals surface area contributed by atoms with Gasteiger partial charge in [-0.15, -0.1) is 0 Å². The number of carboxylic acids is 1. The molecule has 0 spiro atoms. The summed E-state index contributed by atoms with van der Waals surface area (Å²) in [4.78, 5) is 10.8. The molecule has 1 N–H and O–H groups in total. The van der Waals surface area contributed by atoms with Gasteiger partial charge in [-0.1, -0.05) is 12.1 Å². The molecule has 0 saturated carbocycles. The maximum absolute atomic E-state index is 10.8. The molecular formula is C12H12N2O3. The Balaban J connectivity index is 2.56. The standard InChI is InChI=1S/C12H12N2O3/c1-14-10(7-9(13-14)12(15)16)8-5-3-4-6-11(8)17-2/h3-7H,1-2H3,(H,15,16). The molecule has 0 amide bonds. The monoisotopic (exact) mass is 232 g/mol. The molecule has 2 rings (SSSR count). The molecule has 5 heteroatoms. The van der Waals surface area contributed by atoms with Gasteiger partial charge in [0.1, 0.15) is 5.75 Å². The summed E-state index contributed by atoms with van der Waals surface area (Å²) >= 11 is 0. The molecule has 1 heterocycles. The Morgan fingerprint density at radius 3 is 2.71 bits per heavy atom. The first-order valence-electron chi connectivity index (χ1n) is 5.04. The molecule has 0 unspecified atom stereocenters. The van der Waals surface area contributed by atoms with E-state index in [-0.39, 0.29) is 5.69 Å². The second-order valence-electron chi connectivity index (χ2n) is 3.54. The van der Waals surface area contributed by atoms with Crippen molar-refractivity contribution in [1.82, 2.24) is 9.78 Å². The van der Waals surface area contributed by atoms with Gasteiger partial charge in [0, 0.05) is 12.6 Å². The van der Waals surface area contributed by atoms with Gasteiger partial charge in [0.25, 0.3) is 0 Å². The van der Waals surface area contributed by atoms with Gasteiger partial charge in [-0.25, -0.2) is 4.79 Å². The summed E-state index contributed by atoms with van der Waals surface area (Å²) in [5, 5.41) is 12.8. The van der Waals surface area contributed by atoms with Gasteiger partial charge in [-0.3, -0.25) is 4.68 Å². The molecule has 17 heavy (non-hydrogen) atoms. The summed E-state index contributed by atoms with van der Waals surface area (Å²) in [7, 11) is 3.28. The molecule has 0 aliphatic heterocycles. The van der Waals surface area contributed by atoms with Crippen molar-refractivity contribution in [2.24, 2.45) is 7.05 Å². The van der Waals surface area contributed by atoms with E-state index in [1.807, 2.05) is 24.3 Å². The van der Waals surface area contributed by atoms with Gasteiger partial charge < -0.3 is 9.84 Å². The fraction of sp³-hybridized carbons (Fsp3) is 0.167. The third-order valence-corrected chi connectivity index (χ3v) is 2.48. The molecule has 0 radical (unpaired) electrons. The van der Waals surface area contributed by atoms with Crippen LogP contribution in [0.15, 0.2) is 30.3 Å². The number of carbonyl (C=O) groups is 1. The van der Waals surface area contributed by atoms with E-state index in [4.69, 9.17) is 9.84 Å². The molecular weight excluding hydrogens is 220 g/mol. The topological polar surface area (TPSA) is 64.3 Å². The molecule has 0 fully saturated rings. The molecule has 88 valence electrons. The summed E-state index contributed by atoms with van der Waals surface area (Å²) in [6.07, 6.45) is 0. The zero-order chi connectivity index (χ0) is 12.4. The maximum Gasteiger partial charge on any atom is 0.356 e. The first kappa shape index (κ1) is 11.2. The van der Waals surface area contributed by atoms with Crippen LogP contribution in [0.5, 0.6) is 5.75 Å². The second kappa shape index (κ2) is 4.29. The van der Waals surface area contributed by atoms with Crippen molar-refractivity contribution in [1.29, 1.82) is 0 Å². The van der Waals surface area contributed by atoms with Gasteiger partial charge in [0.2, 0.25) is 0 Å². The fourth-order valence-electron chi connectivity index (χ4n) is 1.68. The van der Waals surface area contributed by atoms with E-state index < -0.39 is 5.97 Å². The number of nitrogens with zero attached hydrogens (tertiary/aromatic N) is 2. The molecule has 1 aromatic heterocycles. The first-order valence-corrected chi connectivity index (χ1v) is 5.04. The predicted octanol–water partition coefficient (Wildman–Crippen LogP) is 1.79. The van der Waals surface area contributed by atoms with E-state index in [9.17, 15) is 4.79 Å². The lowest BCUT2D eigenvalue weighted by molar-refractivity contribution is 0.0689. The van der Waals surface area contributed by atoms with Crippen molar-refractivity contribution < 1.29 is 14.6 Å². The van der Waals surface area contributed by atoms with Gasteiger partial charge in [0.05, 0.1) is 12.8 Å². The van der Waals surface area contributed by atoms with Crippen LogP contribution >= 0.6 is 0 Å². The van der Waals surface area contributed by atoms with Crippen LogP contribution in [0.2, 0.25) is 0 Å². The van der Waals surface area contributed by atoms with Crippen molar-refractivity contribution in [2.75, 3.05) is 7.11 Å². The van der Waals surface area contributed by atoms with Crippen LogP contribution in [-0.2, 0) is 7.05 Å². The largest absolute Gasteiger partial charge is 0.496 e. The number of aromatic carboxylic acids is 1. The molecule has 1 aromatic carbocycles. The van der Waals surface area contributed by atoms with Crippen LogP contribution in [0.25, 0.3) is 11.3 Å². The summed E-state index contributed by atoms with van der Waals surface area (Å²) in [6.45, 7) is 0. The highest BCUT2D eigenvalue weighted by atomic mass is 16.5. The number of para-hydroxylation sites is 1. The average Bonchev–Trinajstić information content (AvgIpc) is 2.71. The highest BCUT2D eigenvalue weighted by Crippen LogP contribution is 2.29. The molecule has 0 atom stereocenters. The number of hydrogen-bond acceptors (Lipinski definition) is 3. The Bertz CT molecular complexity index is 561. The van der Waals surface area contributed by atoms with E-state index in [0.717, 1.165) is 5.56 Å². The SMILES string of the molecule is COc1ccccc1-c1cc(C(=O)O)nn1C. The molecule has 0 aliphatic rings. The number of hydrogen-bond donors (Lipinski definition) is 1. The van der Waals surface area contributed by atoms with Crippen LogP contribution in [0.1, 0.15) is 10.5 Å². The fourth-order valence-corrected chi connectivity index (χ4v) is 1.68. The summed E-state index contributed by atoms with van der Waals surface area (Å²) in [5.74, 6) is -0.353. The third-order valence-electron chi connectivity index (χ3n) is 2.48. The number of carboxylic acid groups (broad SMARTS) is 1. The van der Waals surface area contributed by atoms with Crippen molar-refractivity contribution in [2.45, 2.75) is 0 Å². The lowest BCUT2D eigenvalue weighted by Crippen LogP contribution is -1.99. The maximum atomic E-state index is 10.8. The van der Waals surface area contributed by atoms with Gasteiger partial charge in [-0.2, -0.15) is 5.10 Å². The minimum atomic E-state index is -1.04. The van der Waals surface area contributed by atoms with Gasteiger partial charge in [0.15, 0.2) is 5.69 Å². The van der Waals surface area contributed by atoms with E-state index >= 15 is 0 Å². The zero-order valence-electron chi connectivity index (χ0n) is 9.54. The normalized spacial score (nSPS) is 10.2. The van der Waals surface area contributed by atoms with Crippen molar-refractivity contribution >= 4 is 5.97 Å². The van der Waals surface area contributed by atoms with Crippen LogP contribution in [0.4, 0.5) is 0 Å². The number of methoxy groups -OCH3 is 1. The van der Waals surface area contributed by atoms with Crippen LogP contribution in [0.3, 0.4) is 0 Å².